The maximum Gasteiger partial charge on any atom is 0.277 e. The number of benzene rings is 2. The molecule has 1 amide bonds. The number of ether oxygens (including phenoxy) is 1. The number of amides is 1. The average Bonchev–Trinajstić information content (AvgIpc) is 3.49. The number of anilines is 1. The van der Waals surface area contributed by atoms with Gasteiger partial charge in [0.2, 0.25) is 5.91 Å². The maximum absolute atomic E-state index is 12.7. The number of aromatic amines is 1. The van der Waals surface area contributed by atoms with Gasteiger partial charge in [-0.1, -0.05) is 42.1 Å². The number of fused-ring (bicyclic) bond motifs is 1. The molecule has 5 rings (SSSR count). The number of carbonyl (C=O) groups excluding carboxylic acids is 1. The highest BCUT2D eigenvalue weighted by Crippen LogP contribution is 2.29. The van der Waals surface area contributed by atoms with Gasteiger partial charge in [-0.25, -0.2) is 0 Å². The molecular weight excluding hydrogens is 426 g/mol. The molecule has 0 aliphatic carbocycles. The van der Waals surface area contributed by atoms with Gasteiger partial charge in [-0.3, -0.25) is 4.79 Å². The van der Waals surface area contributed by atoms with Crippen molar-refractivity contribution >= 4 is 34.3 Å². The number of methoxy groups -OCH3 is 1. The van der Waals surface area contributed by atoms with Crippen LogP contribution in [0.15, 0.2) is 64.2 Å². The van der Waals surface area contributed by atoms with Gasteiger partial charge in [-0.05, 0) is 24.3 Å². The highest BCUT2D eigenvalue weighted by atomic mass is 32.2. The van der Waals surface area contributed by atoms with E-state index in [-0.39, 0.29) is 11.7 Å². The maximum atomic E-state index is 12.7. The highest BCUT2D eigenvalue weighted by Gasteiger charge is 2.23. The number of piperazine rings is 1. The largest absolute Gasteiger partial charge is 0.495 e. The van der Waals surface area contributed by atoms with Crippen LogP contribution in [0.4, 0.5) is 5.69 Å². The molecule has 8 nitrogen and oxygen atoms in total. The summed E-state index contributed by atoms with van der Waals surface area (Å²) in [6, 6.07) is 17.9. The SMILES string of the molecule is COc1ccccc1N1CCN(C(=O)CSc2nnc(-c3cc4ccccc4[nH]3)o2)CC1. The minimum Gasteiger partial charge on any atom is -0.495 e. The predicted molar refractivity (Wildman–Crippen MR) is 124 cm³/mol. The van der Waals surface area contributed by atoms with E-state index in [0.29, 0.717) is 24.2 Å². The third-order valence-corrected chi connectivity index (χ3v) is 6.35. The van der Waals surface area contributed by atoms with Crippen LogP contribution in [0, 0.1) is 0 Å². The van der Waals surface area contributed by atoms with Gasteiger partial charge in [0.1, 0.15) is 11.4 Å². The van der Waals surface area contributed by atoms with E-state index in [1.165, 1.54) is 11.8 Å². The molecule has 1 fully saturated rings. The summed E-state index contributed by atoms with van der Waals surface area (Å²) >= 11 is 1.27. The first-order chi connectivity index (χ1) is 15.7. The molecule has 0 radical (unpaired) electrons. The van der Waals surface area contributed by atoms with Crippen molar-refractivity contribution in [1.29, 1.82) is 0 Å². The number of H-pyrrole nitrogens is 1. The number of hydrogen-bond acceptors (Lipinski definition) is 7. The number of carbonyl (C=O) groups is 1. The summed E-state index contributed by atoms with van der Waals surface area (Å²) in [5.41, 5.74) is 2.84. The van der Waals surface area contributed by atoms with Gasteiger partial charge in [-0.2, -0.15) is 0 Å². The Hall–Kier alpha value is -3.46. The first-order valence-corrected chi connectivity index (χ1v) is 11.4. The van der Waals surface area contributed by atoms with Crippen LogP contribution < -0.4 is 9.64 Å². The zero-order valence-electron chi connectivity index (χ0n) is 17.7. The van der Waals surface area contributed by atoms with Crippen LogP contribution in [0.2, 0.25) is 0 Å². The summed E-state index contributed by atoms with van der Waals surface area (Å²) in [5.74, 6) is 1.61. The first-order valence-electron chi connectivity index (χ1n) is 10.4. The van der Waals surface area contributed by atoms with Crippen LogP contribution in [0.5, 0.6) is 5.75 Å². The lowest BCUT2D eigenvalue weighted by Gasteiger charge is -2.36. The van der Waals surface area contributed by atoms with Gasteiger partial charge in [0, 0.05) is 37.1 Å². The Morgan fingerprint density at radius 2 is 1.88 bits per heavy atom. The van der Waals surface area contributed by atoms with Crippen molar-refractivity contribution in [3.8, 4) is 17.3 Å². The summed E-state index contributed by atoms with van der Waals surface area (Å²) in [4.78, 5) is 20.1. The van der Waals surface area contributed by atoms with E-state index < -0.39 is 0 Å². The van der Waals surface area contributed by atoms with Gasteiger partial charge in [-0.15, -0.1) is 10.2 Å². The Morgan fingerprint density at radius 1 is 1.09 bits per heavy atom. The van der Waals surface area contributed by atoms with Crippen LogP contribution in [0.3, 0.4) is 0 Å². The van der Waals surface area contributed by atoms with E-state index in [4.69, 9.17) is 9.15 Å². The van der Waals surface area contributed by atoms with Crippen molar-refractivity contribution in [3.05, 3.63) is 54.6 Å². The predicted octanol–water partition coefficient (Wildman–Crippen LogP) is 3.67. The van der Waals surface area contributed by atoms with Crippen LogP contribution in [0.25, 0.3) is 22.5 Å². The third kappa shape index (κ3) is 4.16. The molecule has 4 aromatic rings. The van der Waals surface area contributed by atoms with E-state index in [2.05, 4.69) is 20.1 Å². The Bertz CT molecular complexity index is 1200. The highest BCUT2D eigenvalue weighted by molar-refractivity contribution is 7.99. The second kappa shape index (κ2) is 8.96. The van der Waals surface area contributed by atoms with Gasteiger partial charge in [0.05, 0.1) is 18.6 Å². The van der Waals surface area contributed by atoms with Crippen LogP contribution in [0.1, 0.15) is 0 Å². The van der Waals surface area contributed by atoms with Gasteiger partial charge in [0.25, 0.3) is 11.1 Å². The summed E-state index contributed by atoms with van der Waals surface area (Å²) in [6.45, 7) is 2.87. The zero-order chi connectivity index (χ0) is 21.9. The third-order valence-electron chi connectivity index (χ3n) is 5.54. The van der Waals surface area contributed by atoms with Crippen molar-refractivity contribution in [2.24, 2.45) is 0 Å². The summed E-state index contributed by atoms with van der Waals surface area (Å²) in [5, 5.41) is 9.67. The number of hydrogen-bond donors (Lipinski definition) is 1. The lowest BCUT2D eigenvalue weighted by molar-refractivity contribution is -0.128. The molecule has 9 heteroatoms. The fourth-order valence-corrected chi connectivity index (χ4v) is 4.53. The summed E-state index contributed by atoms with van der Waals surface area (Å²) < 4.78 is 11.2. The fourth-order valence-electron chi connectivity index (χ4n) is 3.87. The van der Waals surface area contributed by atoms with Crippen molar-refractivity contribution in [2.45, 2.75) is 5.22 Å². The molecule has 0 bridgehead atoms. The number of nitrogens with one attached hydrogen (secondary N) is 1. The minimum atomic E-state index is 0.0695. The molecule has 0 atom stereocenters. The molecule has 1 aliphatic rings. The molecule has 2 aromatic heterocycles. The molecule has 3 heterocycles. The topological polar surface area (TPSA) is 87.5 Å². The lowest BCUT2D eigenvalue weighted by atomic mass is 10.2. The Balaban J connectivity index is 1.16. The van der Waals surface area contributed by atoms with Gasteiger partial charge in [0.15, 0.2) is 0 Å². The zero-order valence-corrected chi connectivity index (χ0v) is 18.5. The fraction of sp³-hybridized carbons (Fsp3) is 0.261. The van der Waals surface area contributed by atoms with E-state index in [1.54, 1.807) is 7.11 Å². The molecule has 0 saturated carbocycles. The van der Waals surface area contributed by atoms with Crippen LogP contribution >= 0.6 is 11.8 Å². The van der Waals surface area contributed by atoms with Crippen molar-refractivity contribution < 1.29 is 13.9 Å². The lowest BCUT2D eigenvalue weighted by Crippen LogP contribution is -2.49. The average molecular weight is 450 g/mol. The normalized spacial score (nSPS) is 14.2. The molecule has 2 aromatic carbocycles. The van der Waals surface area contributed by atoms with E-state index in [0.717, 1.165) is 41.1 Å². The number of nitrogens with zero attached hydrogens (tertiary/aromatic N) is 4. The number of thioether (sulfide) groups is 1. The molecule has 0 unspecified atom stereocenters. The Labute approximate surface area is 189 Å². The molecule has 1 saturated heterocycles. The molecular formula is C23H23N5O3S. The smallest absolute Gasteiger partial charge is 0.277 e. The number of rotatable bonds is 6. The molecule has 0 spiro atoms. The van der Waals surface area contributed by atoms with Crippen molar-refractivity contribution in [2.75, 3.05) is 43.9 Å². The first kappa shape index (κ1) is 20.4. The second-order valence-electron chi connectivity index (χ2n) is 7.47. The summed E-state index contributed by atoms with van der Waals surface area (Å²) in [7, 11) is 1.68. The summed E-state index contributed by atoms with van der Waals surface area (Å²) in [6.07, 6.45) is 0. The van der Waals surface area contributed by atoms with Gasteiger partial charge < -0.3 is 23.9 Å². The Morgan fingerprint density at radius 3 is 2.69 bits per heavy atom. The quantitative estimate of drug-likeness (QED) is 0.450. The molecule has 1 aliphatic heterocycles. The van der Waals surface area contributed by atoms with Crippen LogP contribution in [-0.4, -0.2) is 65.0 Å². The number of aromatic nitrogens is 3. The molecule has 1 N–H and O–H groups in total. The van der Waals surface area contributed by atoms with E-state index >= 15 is 0 Å². The van der Waals surface area contributed by atoms with E-state index in [1.807, 2.05) is 59.5 Å². The second-order valence-corrected chi connectivity index (χ2v) is 8.40. The van der Waals surface area contributed by atoms with Crippen molar-refractivity contribution in [1.82, 2.24) is 20.1 Å². The monoisotopic (exact) mass is 449 g/mol. The van der Waals surface area contributed by atoms with Crippen molar-refractivity contribution in [3.63, 3.8) is 0 Å². The standard InChI is InChI=1S/C23H23N5O3S/c1-30-20-9-5-4-8-19(20)27-10-12-28(13-11-27)21(29)15-32-23-26-25-22(31-23)18-14-16-6-2-3-7-17(16)24-18/h2-9,14,24H,10-13,15H2,1H3. The molecule has 164 valence electrons. The van der Waals surface area contributed by atoms with Gasteiger partial charge >= 0.3 is 0 Å². The molecule has 32 heavy (non-hydrogen) atoms. The number of para-hydroxylation sites is 3. The van der Waals surface area contributed by atoms with E-state index in [9.17, 15) is 4.79 Å². The van der Waals surface area contributed by atoms with Crippen LogP contribution in [-0.2, 0) is 4.79 Å². The Kier molecular flexibility index (Phi) is 5.72. The minimum absolute atomic E-state index is 0.0695.